The molecular weight excluding hydrogens is 360 g/mol. The number of halogens is 1. The lowest BCUT2D eigenvalue weighted by Gasteiger charge is -2.32. The standard InChI is InChI=1S/C22H21ClN2O2/c1-14-5-7-15(8-6-14)20-21(25-11-3-2-4-12-25)19(22(26)27)17-13-16(23)9-10-18(17)24-20/h5-10,13H,2-4,11-12H2,1H3,(H,26,27). The van der Waals surface area contributed by atoms with Gasteiger partial charge in [-0.3, -0.25) is 0 Å². The van der Waals surface area contributed by atoms with Crippen LogP contribution in [0.1, 0.15) is 35.2 Å². The first-order valence-electron chi connectivity index (χ1n) is 9.23. The number of aromatic nitrogens is 1. The fourth-order valence-electron chi connectivity index (χ4n) is 3.78. The smallest absolute Gasteiger partial charge is 0.338 e. The van der Waals surface area contributed by atoms with Crippen LogP contribution >= 0.6 is 11.6 Å². The number of pyridine rings is 1. The summed E-state index contributed by atoms with van der Waals surface area (Å²) in [7, 11) is 0. The minimum absolute atomic E-state index is 0.292. The molecule has 0 saturated carbocycles. The van der Waals surface area contributed by atoms with E-state index in [1.165, 1.54) is 6.42 Å². The summed E-state index contributed by atoms with van der Waals surface area (Å²) in [6, 6.07) is 13.3. The normalized spacial score (nSPS) is 14.5. The minimum atomic E-state index is -0.946. The van der Waals surface area contributed by atoms with Gasteiger partial charge in [-0.1, -0.05) is 41.4 Å². The molecule has 1 fully saturated rings. The van der Waals surface area contributed by atoms with Crippen molar-refractivity contribution in [2.45, 2.75) is 26.2 Å². The van der Waals surface area contributed by atoms with Crippen LogP contribution in [0.3, 0.4) is 0 Å². The van der Waals surface area contributed by atoms with Gasteiger partial charge in [0.1, 0.15) is 0 Å². The van der Waals surface area contributed by atoms with Gasteiger partial charge in [0.15, 0.2) is 0 Å². The van der Waals surface area contributed by atoms with Crippen LogP contribution < -0.4 is 4.90 Å². The molecule has 27 heavy (non-hydrogen) atoms. The Kier molecular flexibility index (Phi) is 4.75. The number of aromatic carboxylic acids is 1. The van der Waals surface area contributed by atoms with Gasteiger partial charge in [0.2, 0.25) is 0 Å². The number of carbonyl (C=O) groups is 1. The van der Waals surface area contributed by atoms with E-state index in [1.54, 1.807) is 18.2 Å². The van der Waals surface area contributed by atoms with E-state index in [9.17, 15) is 9.90 Å². The van der Waals surface area contributed by atoms with Crippen molar-refractivity contribution in [2.24, 2.45) is 0 Å². The van der Waals surface area contributed by atoms with Gasteiger partial charge < -0.3 is 10.0 Å². The molecule has 1 aromatic heterocycles. The Morgan fingerprint density at radius 2 is 1.78 bits per heavy atom. The SMILES string of the molecule is Cc1ccc(-c2nc3ccc(Cl)cc3c(C(=O)O)c2N2CCCCC2)cc1. The number of benzene rings is 2. The van der Waals surface area contributed by atoms with Gasteiger partial charge in [0.05, 0.1) is 22.5 Å². The van der Waals surface area contributed by atoms with E-state index in [1.807, 2.05) is 31.2 Å². The molecule has 138 valence electrons. The second kappa shape index (κ2) is 7.20. The number of carboxylic acids is 1. The van der Waals surface area contributed by atoms with Crippen molar-refractivity contribution in [3.8, 4) is 11.3 Å². The third-order valence-corrected chi connectivity index (χ3v) is 5.37. The van der Waals surface area contributed by atoms with Gasteiger partial charge in [-0.05, 0) is 44.4 Å². The third kappa shape index (κ3) is 3.37. The summed E-state index contributed by atoms with van der Waals surface area (Å²) >= 11 is 6.17. The summed E-state index contributed by atoms with van der Waals surface area (Å²) in [6.07, 6.45) is 3.28. The second-order valence-corrected chi connectivity index (χ2v) is 7.50. The first-order valence-corrected chi connectivity index (χ1v) is 9.61. The highest BCUT2D eigenvalue weighted by Gasteiger charge is 2.26. The van der Waals surface area contributed by atoms with E-state index in [-0.39, 0.29) is 0 Å². The van der Waals surface area contributed by atoms with Gasteiger partial charge in [-0.25, -0.2) is 9.78 Å². The van der Waals surface area contributed by atoms with Gasteiger partial charge in [-0.2, -0.15) is 0 Å². The van der Waals surface area contributed by atoms with Crippen molar-refractivity contribution in [1.82, 2.24) is 4.98 Å². The number of rotatable bonds is 3. The molecule has 1 aliphatic heterocycles. The van der Waals surface area contributed by atoms with E-state index in [0.717, 1.165) is 42.8 Å². The van der Waals surface area contributed by atoms with Crippen molar-refractivity contribution in [3.63, 3.8) is 0 Å². The Balaban J connectivity index is 2.06. The Labute approximate surface area is 163 Å². The van der Waals surface area contributed by atoms with Crippen LogP contribution in [0, 0.1) is 6.92 Å². The second-order valence-electron chi connectivity index (χ2n) is 7.06. The Morgan fingerprint density at radius 1 is 1.07 bits per heavy atom. The third-order valence-electron chi connectivity index (χ3n) is 5.13. The van der Waals surface area contributed by atoms with E-state index in [2.05, 4.69) is 4.90 Å². The molecule has 0 spiro atoms. The quantitative estimate of drug-likeness (QED) is 0.647. The molecule has 2 aromatic carbocycles. The molecule has 0 atom stereocenters. The summed E-state index contributed by atoms with van der Waals surface area (Å²) in [5.74, 6) is -0.946. The summed E-state index contributed by atoms with van der Waals surface area (Å²) in [6.45, 7) is 3.72. The van der Waals surface area contributed by atoms with Crippen molar-refractivity contribution >= 4 is 34.2 Å². The highest BCUT2D eigenvalue weighted by molar-refractivity contribution is 6.31. The van der Waals surface area contributed by atoms with Crippen molar-refractivity contribution in [2.75, 3.05) is 18.0 Å². The highest BCUT2D eigenvalue weighted by Crippen LogP contribution is 2.39. The topological polar surface area (TPSA) is 53.4 Å². The van der Waals surface area contributed by atoms with Crippen LogP contribution in [0.4, 0.5) is 5.69 Å². The van der Waals surface area contributed by atoms with Crippen molar-refractivity contribution in [1.29, 1.82) is 0 Å². The first kappa shape index (κ1) is 17.8. The average Bonchev–Trinajstić information content (AvgIpc) is 2.67. The fraction of sp³-hybridized carbons (Fsp3) is 0.273. The average molecular weight is 381 g/mol. The Bertz CT molecular complexity index is 1010. The lowest BCUT2D eigenvalue weighted by Crippen LogP contribution is -2.31. The van der Waals surface area contributed by atoms with Crippen LogP contribution in [0.5, 0.6) is 0 Å². The van der Waals surface area contributed by atoms with Crippen LogP contribution in [0.15, 0.2) is 42.5 Å². The molecule has 1 saturated heterocycles. The van der Waals surface area contributed by atoms with Gasteiger partial charge in [-0.15, -0.1) is 0 Å². The molecule has 3 aromatic rings. The van der Waals surface area contributed by atoms with Crippen molar-refractivity contribution < 1.29 is 9.90 Å². The maximum atomic E-state index is 12.3. The van der Waals surface area contributed by atoms with Crippen LogP contribution in [-0.4, -0.2) is 29.1 Å². The predicted octanol–water partition coefficient (Wildman–Crippen LogP) is 5.55. The molecule has 0 radical (unpaired) electrons. The molecule has 4 nitrogen and oxygen atoms in total. The molecule has 0 aliphatic carbocycles. The summed E-state index contributed by atoms with van der Waals surface area (Å²) < 4.78 is 0. The number of fused-ring (bicyclic) bond motifs is 1. The number of piperidine rings is 1. The van der Waals surface area contributed by atoms with Crippen LogP contribution in [0.25, 0.3) is 22.2 Å². The summed E-state index contributed by atoms with van der Waals surface area (Å²) in [5, 5.41) is 11.2. The fourth-order valence-corrected chi connectivity index (χ4v) is 3.95. The molecule has 0 unspecified atom stereocenters. The molecule has 0 bridgehead atoms. The van der Waals surface area contributed by atoms with Gasteiger partial charge >= 0.3 is 5.97 Å². The maximum Gasteiger partial charge on any atom is 0.338 e. The molecule has 5 heteroatoms. The van der Waals surface area contributed by atoms with Crippen molar-refractivity contribution in [3.05, 3.63) is 58.6 Å². The largest absolute Gasteiger partial charge is 0.478 e. The van der Waals surface area contributed by atoms with Crippen LogP contribution in [0.2, 0.25) is 5.02 Å². The maximum absolute atomic E-state index is 12.3. The van der Waals surface area contributed by atoms with Gasteiger partial charge in [0, 0.05) is 29.1 Å². The summed E-state index contributed by atoms with van der Waals surface area (Å²) in [5.41, 5.74) is 4.46. The first-order chi connectivity index (χ1) is 13.0. The number of hydrogen-bond donors (Lipinski definition) is 1. The zero-order valence-electron chi connectivity index (χ0n) is 15.2. The summed E-state index contributed by atoms with van der Waals surface area (Å²) in [4.78, 5) is 19.4. The molecule has 2 heterocycles. The molecule has 1 aliphatic rings. The molecular formula is C22H21ClN2O2. The van der Waals surface area contributed by atoms with E-state index >= 15 is 0 Å². The number of anilines is 1. The van der Waals surface area contributed by atoms with E-state index < -0.39 is 5.97 Å². The zero-order chi connectivity index (χ0) is 19.0. The number of hydrogen-bond acceptors (Lipinski definition) is 3. The lowest BCUT2D eigenvalue weighted by molar-refractivity contribution is 0.0699. The Morgan fingerprint density at radius 3 is 2.44 bits per heavy atom. The van der Waals surface area contributed by atoms with E-state index in [4.69, 9.17) is 16.6 Å². The lowest BCUT2D eigenvalue weighted by atomic mass is 9.98. The molecule has 0 amide bonds. The number of nitrogens with zero attached hydrogens (tertiary/aromatic N) is 2. The zero-order valence-corrected chi connectivity index (χ0v) is 16.0. The van der Waals surface area contributed by atoms with Gasteiger partial charge in [0.25, 0.3) is 0 Å². The highest BCUT2D eigenvalue weighted by atomic mass is 35.5. The Hall–Kier alpha value is -2.59. The monoisotopic (exact) mass is 380 g/mol. The predicted molar refractivity (Wildman–Crippen MR) is 110 cm³/mol. The minimum Gasteiger partial charge on any atom is -0.478 e. The van der Waals surface area contributed by atoms with Crippen LogP contribution in [-0.2, 0) is 0 Å². The molecule has 1 N–H and O–H groups in total. The number of carboxylic acid groups (broad SMARTS) is 1. The number of aryl methyl sites for hydroxylation is 1. The van der Waals surface area contributed by atoms with E-state index in [0.29, 0.717) is 27.2 Å². The molecule has 4 rings (SSSR count).